The molecule has 2 amide bonds. The number of rotatable bonds is 6. The van der Waals surface area contributed by atoms with Crippen molar-refractivity contribution in [1.82, 2.24) is 4.90 Å². The smallest absolute Gasteiger partial charge is 0.225 e. The van der Waals surface area contributed by atoms with E-state index < -0.39 is 5.41 Å². The van der Waals surface area contributed by atoms with Gasteiger partial charge in [0.25, 0.3) is 0 Å². The maximum atomic E-state index is 12.4. The molecule has 2 N–H and O–H groups in total. The van der Waals surface area contributed by atoms with Crippen LogP contribution >= 0.6 is 11.3 Å². The van der Waals surface area contributed by atoms with Crippen molar-refractivity contribution in [2.24, 2.45) is 17.1 Å². The number of hydrogen-bond donors (Lipinski definition) is 1. The summed E-state index contributed by atoms with van der Waals surface area (Å²) in [4.78, 5) is 26.4. The first-order chi connectivity index (χ1) is 12.4. The van der Waals surface area contributed by atoms with Gasteiger partial charge in [-0.1, -0.05) is 38.1 Å². The van der Waals surface area contributed by atoms with Crippen LogP contribution in [0, 0.1) is 11.3 Å². The second-order valence-electron chi connectivity index (χ2n) is 7.69. The lowest BCUT2D eigenvalue weighted by molar-refractivity contribution is -0.132. The molecule has 0 unspecified atom stereocenters. The van der Waals surface area contributed by atoms with E-state index in [1.54, 1.807) is 11.3 Å². The van der Waals surface area contributed by atoms with Crippen molar-refractivity contribution >= 4 is 23.2 Å². The quantitative estimate of drug-likeness (QED) is 0.842. The Balaban J connectivity index is 1.73. The van der Waals surface area contributed by atoms with Gasteiger partial charge in [0, 0.05) is 19.5 Å². The van der Waals surface area contributed by atoms with Crippen molar-refractivity contribution < 1.29 is 9.59 Å². The number of carbonyl (C=O) groups excluding carboxylic acids is 2. The number of amides is 2. The normalized spacial score (nSPS) is 19.9. The molecule has 0 radical (unpaired) electrons. The Morgan fingerprint density at radius 2 is 1.92 bits per heavy atom. The molecule has 1 saturated heterocycles. The molecular formula is C21H26N2O2S. The predicted molar refractivity (Wildman–Crippen MR) is 106 cm³/mol. The molecule has 1 aliphatic heterocycles. The molecule has 2 aromatic rings. The first-order valence-electron chi connectivity index (χ1n) is 9.09. The summed E-state index contributed by atoms with van der Waals surface area (Å²) in [7, 11) is 0. The van der Waals surface area contributed by atoms with Crippen molar-refractivity contribution in [3.8, 4) is 11.1 Å². The van der Waals surface area contributed by atoms with Crippen molar-refractivity contribution in [3.63, 3.8) is 0 Å². The zero-order valence-corrected chi connectivity index (χ0v) is 16.2. The van der Waals surface area contributed by atoms with Crippen LogP contribution in [-0.2, 0) is 16.0 Å². The highest BCUT2D eigenvalue weighted by Crippen LogP contribution is 2.35. The first kappa shape index (κ1) is 18.6. The van der Waals surface area contributed by atoms with E-state index in [4.69, 9.17) is 5.73 Å². The second kappa shape index (κ2) is 7.62. The molecule has 2 heterocycles. The Morgan fingerprint density at radius 1 is 1.19 bits per heavy atom. The van der Waals surface area contributed by atoms with E-state index >= 15 is 0 Å². The first-order valence-corrected chi connectivity index (χ1v) is 10.0. The van der Waals surface area contributed by atoms with E-state index in [1.807, 2.05) is 18.7 Å². The fourth-order valence-corrected chi connectivity index (χ4v) is 4.30. The Bertz CT molecular complexity index is 768. The Hall–Kier alpha value is -2.14. The monoisotopic (exact) mass is 370 g/mol. The highest BCUT2D eigenvalue weighted by atomic mass is 32.1. The molecule has 3 rings (SSSR count). The fraction of sp³-hybridized carbons (Fsp3) is 0.429. The average Bonchev–Trinajstić information content (AvgIpc) is 3.25. The van der Waals surface area contributed by atoms with E-state index in [1.165, 1.54) is 11.1 Å². The lowest BCUT2D eigenvalue weighted by Gasteiger charge is -2.26. The molecular weight excluding hydrogens is 344 g/mol. The van der Waals surface area contributed by atoms with Crippen molar-refractivity contribution in [3.05, 3.63) is 46.7 Å². The molecule has 0 bridgehead atoms. The van der Waals surface area contributed by atoms with Gasteiger partial charge in [0.05, 0.1) is 5.41 Å². The van der Waals surface area contributed by atoms with Crippen LogP contribution < -0.4 is 5.73 Å². The summed E-state index contributed by atoms with van der Waals surface area (Å²) >= 11 is 1.68. The van der Waals surface area contributed by atoms with E-state index in [0.29, 0.717) is 38.3 Å². The molecule has 5 heteroatoms. The molecule has 0 spiro atoms. The SMILES string of the molecule is CC(C)CC(=O)N1CC[C@](Cc2ccc(-c3ccsc3)cc2)(C(N)=O)C1. The van der Waals surface area contributed by atoms with Crippen molar-refractivity contribution in [2.45, 2.75) is 33.1 Å². The maximum Gasteiger partial charge on any atom is 0.225 e. The number of nitrogens with two attached hydrogens (primary N) is 1. The van der Waals surface area contributed by atoms with Crippen molar-refractivity contribution in [1.29, 1.82) is 0 Å². The summed E-state index contributed by atoms with van der Waals surface area (Å²) in [5, 5.41) is 4.18. The van der Waals surface area contributed by atoms with Gasteiger partial charge in [-0.05, 0) is 52.3 Å². The van der Waals surface area contributed by atoms with Crippen LogP contribution in [0.2, 0.25) is 0 Å². The minimum atomic E-state index is -0.656. The number of hydrogen-bond acceptors (Lipinski definition) is 3. The summed E-state index contributed by atoms with van der Waals surface area (Å²) < 4.78 is 0. The third kappa shape index (κ3) is 3.98. The lowest BCUT2D eigenvalue weighted by atomic mass is 9.80. The summed E-state index contributed by atoms with van der Waals surface area (Å²) in [5.41, 5.74) is 8.58. The fourth-order valence-electron chi connectivity index (χ4n) is 3.63. The third-order valence-corrected chi connectivity index (χ3v) is 5.85. The van der Waals surface area contributed by atoms with Gasteiger partial charge >= 0.3 is 0 Å². The van der Waals surface area contributed by atoms with Gasteiger partial charge in [-0.25, -0.2) is 0 Å². The zero-order chi connectivity index (χ0) is 18.7. The van der Waals surface area contributed by atoms with Crippen LogP contribution in [0.25, 0.3) is 11.1 Å². The van der Waals surface area contributed by atoms with E-state index in [2.05, 4.69) is 41.1 Å². The Morgan fingerprint density at radius 3 is 2.50 bits per heavy atom. The minimum Gasteiger partial charge on any atom is -0.369 e. The summed E-state index contributed by atoms with van der Waals surface area (Å²) in [5.74, 6) is 0.130. The third-order valence-electron chi connectivity index (χ3n) is 5.16. The van der Waals surface area contributed by atoms with Gasteiger partial charge in [-0.15, -0.1) is 0 Å². The van der Waals surface area contributed by atoms with Crippen molar-refractivity contribution in [2.75, 3.05) is 13.1 Å². The average molecular weight is 371 g/mol. The van der Waals surface area contributed by atoms with Gasteiger partial charge < -0.3 is 10.6 Å². The predicted octanol–water partition coefficient (Wildman–Crippen LogP) is 3.71. The molecule has 0 aliphatic carbocycles. The molecule has 1 aliphatic rings. The minimum absolute atomic E-state index is 0.121. The van der Waals surface area contributed by atoms with Crippen LogP contribution in [0.3, 0.4) is 0 Å². The van der Waals surface area contributed by atoms with Crippen LogP contribution in [0.1, 0.15) is 32.3 Å². The van der Waals surface area contributed by atoms with Gasteiger partial charge in [0.15, 0.2) is 0 Å². The number of primary amides is 1. The second-order valence-corrected chi connectivity index (χ2v) is 8.47. The summed E-state index contributed by atoms with van der Waals surface area (Å²) in [6, 6.07) is 10.4. The van der Waals surface area contributed by atoms with Crippen LogP contribution in [0.15, 0.2) is 41.1 Å². The number of likely N-dealkylation sites (tertiary alicyclic amines) is 1. The van der Waals surface area contributed by atoms with Gasteiger partial charge in [0.1, 0.15) is 0 Å². The standard InChI is InChI=1S/C21H26N2O2S/c1-15(2)11-19(24)23-9-8-21(14-23,20(22)25)12-16-3-5-17(6-4-16)18-7-10-26-13-18/h3-7,10,13,15H,8-9,11-12,14H2,1-2H3,(H2,22,25)/t21-/m1/s1. The topological polar surface area (TPSA) is 63.4 Å². The molecule has 26 heavy (non-hydrogen) atoms. The van der Waals surface area contributed by atoms with Crippen LogP contribution in [0.5, 0.6) is 0 Å². The molecule has 0 saturated carbocycles. The number of benzene rings is 1. The Kier molecular flexibility index (Phi) is 5.47. The highest BCUT2D eigenvalue weighted by molar-refractivity contribution is 7.08. The lowest BCUT2D eigenvalue weighted by Crippen LogP contribution is -2.42. The van der Waals surface area contributed by atoms with E-state index in [-0.39, 0.29) is 11.8 Å². The number of thiophene rings is 1. The molecule has 1 aromatic heterocycles. The summed E-state index contributed by atoms with van der Waals surface area (Å²) in [6.07, 6.45) is 1.74. The molecule has 1 atom stereocenters. The summed E-state index contributed by atoms with van der Waals surface area (Å²) in [6.45, 7) is 5.11. The number of carbonyl (C=O) groups is 2. The van der Waals surface area contributed by atoms with Gasteiger partial charge in [0.2, 0.25) is 11.8 Å². The largest absolute Gasteiger partial charge is 0.369 e. The van der Waals surface area contributed by atoms with Crippen LogP contribution in [-0.4, -0.2) is 29.8 Å². The van der Waals surface area contributed by atoms with Crippen LogP contribution in [0.4, 0.5) is 0 Å². The van der Waals surface area contributed by atoms with E-state index in [0.717, 1.165) is 5.56 Å². The maximum absolute atomic E-state index is 12.4. The highest BCUT2D eigenvalue weighted by Gasteiger charge is 2.44. The molecule has 1 aromatic carbocycles. The van der Waals surface area contributed by atoms with Gasteiger partial charge in [-0.3, -0.25) is 9.59 Å². The molecule has 4 nitrogen and oxygen atoms in total. The zero-order valence-electron chi connectivity index (χ0n) is 15.4. The number of nitrogens with zero attached hydrogens (tertiary/aromatic N) is 1. The Labute approximate surface area is 159 Å². The molecule has 138 valence electrons. The van der Waals surface area contributed by atoms with Gasteiger partial charge in [-0.2, -0.15) is 11.3 Å². The molecule has 1 fully saturated rings. The van der Waals surface area contributed by atoms with E-state index in [9.17, 15) is 9.59 Å².